The Morgan fingerprint density at radius 1 is 1.15 bits per heavy atom. The molecule has 0 aliphatic carbocycles. The third-order valence-corrected chi connectivity index (χ3v) is 6.25. The highest BCUT2D eigenvalue weighted by Gasteiger charge is 2.14. The maximum absolute atomic E-state index is 12.4. The van der Waals surface area contributed by atoms with Crippen LogP contribution in [-0.2, 0) is 11.3 Å². The third-order valence-electron chi connectivity index (χ3n) is 4.29. The molecule has 0 radical (unpaired) electrons. The van der Waals surface area contributed by atoms with Crippen molar-refractivity contribution in [3.63, 3.8) is 0 Å². The molecule has 0 aromatic heterocycles. The predicted octanol–water partition coefficient (Wildman–Crippen LogP) is 4.36. The van der Waals surface area contributed by atoms with E-state index in [-0.39, 0.29) is 5.91 Å². The van der Waals surface area contributed by atoms with Crippen LogP contribution in [0.3, 0.4) is 0 Å². The molecule has 1 N–H and O–H groups in total. The lowest BCUT2D eigenvalue weighted by molar-refractivity contribution is -0.113. The van der Waals surface area contributed by atoms with Crippen molar-refractivity contribution in [2.45, 2.75) is 18.4 Å². The van der Waals surface area contributed by atoms with Gasteiger partial charge < -0.3 is 10.1 Å². The van der Waals surface area contributed by atoms with Gasteiger partial charge >= 0.3 is 0 Å². The molecule has 0 atom stereocenters. The van der Waals surface area contributed by atoms with Gasteiger partial charge in [-0.3, -0.25) is 9.69 Å². The zero-order valence-corrected chi connectivity index (χ0v) is 17.3. The molecular formula is C21H26N2O2S2. The van der Waals surface area contributed by atoms with Gasteiger partial charge in [0.2, 0.25) is 5.91 Å². The Kier molecular flexibility index (Phi) is 7.93. The maximum Gasteiger partial charge on any atom is 0.234 e. The van der Waals surface area contributed by atoms with E-state index in [0.29, 0.717) is 12.4 Å². The van der Waals surface area contributed by atoms with Gasteiger partial charge in [-0.1, -0.05) is 18.2 Å². The highest BCUT2D eigenvalue weighted by Crippen LogP contribution is 2.23. The second-order valence-corrected chi connectivity index (χ2v) is 8.56. The summed E-state index contributed by atoms with van der Waals surface area (Å²) >= 11 is 3.55. The van der Waals surface area contributed by atoms with E-state index in [0.717, 1.165) is 36.0 Å². The van der Waals surface area contributed by atoms with Crippen molar-refractivity contribution in [3.05, 3.63) is 54.1 Å². The number of anilines is 1. The summed E-state index contributed by atoms with van der Waals surface area (Å²) in [4.78, 5) is 15.9. The monoisotopic (exact) mass is 402 g/mol. The molecule has 0 spiro atoms. The molecule has 1 aliphatic rings. The molecule has 0 bridgehead atoms. The molecule has 27 heavy (non-hydrogen) atoms. The Hall–Kier alpha value is -1.63. The molecule has 1 fully saturated rings. The summed E-state index contributed by atoms with van der Waals surface area (Å²) in [6.45, 7) is 5.74. The molecule has 1 saturated heterocycles. The SMILES string of the molecule is CCOc1ccc(SCC(=O)Nc2ccccc2CN2CCSCC2)cc1. The van der Waals surface area contributed by atoms with Crippen LogP contribution in [0.5, 0.6) is 5.75 Å². The number of benzene rings is 2. The number of nitrogens with one attached hydrogen (secondary N) is 1. The standard InChI is InChI=1S/C21H26N2O2S2/c1-2-25-18-7-9-19(10-8-18)27-16-21(24)22-20-6-4-3-5-17(20)15-23-11-13-26-14-12-23/h3-10H,2,11-16H2,1H3,(H,22,24). The Balaban J connectivity index is 1.52. The minimum Gasteiger partial charge on any atom is -0.494 e. The normalized spacial score (nSPS) is 14.7. The first-order chi connectivity index (χ1) is 13.2. The quantitative estimate of drug-likeness (QED) is 0.664. The van der Waals surface area contributed by atoms with E-state index >= 15 is 0 Å². The van der Waals surface area contributed by atoms with Crippen molar-refractivity contribution in [1.29, 1.82) is 0 Å². The third kappa shape index (κ3) is 6.48. The van der Waals surface area contributed by atoms with Crippen molar-refractivity contribution in [2.24, 2.45) is 0 Å². The van der Waals surface area contributed by atoms with Crippen LogP contribution in [0.1, 0.15) is 12.5 Å². The number of nitrogens with zero attached hydrogens (tertiary/aromatic N) is 1. The molecule has 4 nitrogen and oxygen atoms in total. The molecule has 6 heteroatoms. The van der Waals surface area contributed by atoms with Crippen molar-refractivity contribution < 1.29 is 9.53 Å². The Labute approximate surface area is 170 Å². The molecule has 3 rings (SSSR count). The largest absolute Gasteiger partial charge is 0.494 e. The highest BCUT2D eigenvalue weighted by molar-refractivity contribution is 8.00. The van der Waals surface area contributed by atoms with E-state index < -0.39 is 0 Å². The fraction of sp³-hybridized carbons (Fsp3) is 0.381. The number of hydrogen-bond acceptors (Lipinski definition) is 5. The average Bonchev–Trinajstić information content (AvgIpc) is 2.70. The van der Waals surface area contributed by atoms with E-state index in [4.69, 9.17) is 4.74 Å². The van der Waals surface area contributed by atoms with Crippen LogP contribution in [-0.4, -0.2) is 47.8 Å². The number of carbonyl (C=O) groups excluding carboxylic acids is 1. The first-order valence-corrected chi connectivity index (χ1v) is 11.4. The van der Waals surface area contributed by atoms with Gasteiger partial charge in [-0.25, -0.2) is 0 Å². The summed E-state index contributed by atoms with van der Waals surface area (Å²) in [7, 11) is 0. The molecule has 2 aromatic rings. The molecule has 1 aliphatic heterocycles. The summed E-state index contributed by atoms with van der Waals surface area (Å²) in [6.07, 6.45) is 0. The lowest BCUT2D eigenvalue weighted by atomic mass is 10.1. The second kappa shape index (κ2) is 10.6. The van der Waals surface area contributed by atoms with E-state index in [1.54, 1.807) is 0 Å². The maximum atomic E-state index is 12.4. The average molecular weight is 403 g/mol. The van der Waals surface area contributed by atoms with Crippen molar-refractivity contribution in [1.82, 2.24) is 4.90 Å². The van der Waals surface area contributed by atoms with Crippen LogP contribution in [0.15, 0.2) is 53.4 Å². The zero-order valence-electron chi connectivity index (χ0n) is 15.6. The van der Waals surface area contributed by atoms with Crippen molar-refractivity contribution in [3.8, 4) is 5.75 Å². The van der Waals surface area contributed by atoms with Gasteiger partial charge in [0.15, 0.2) is 0 Å². The Morgan fingerprint density at radius 3 is 2.63 bits per heavy atom. The van der Waals surface area contributed by atoms with Gasteiger partial charge in [-0.05, 0) is 42.8 Å². The molecule has 144 valence electrons. The number of rotatable bonds is 8. The van der Waals surface area contributed by atoms with Gasteiger partial charge in [0.05, 0.1) is 12.4 Å². The van der Waals surface area contributed by atoms with Crippen LogP contribution in [0.4, 0.5) is 5.69 Å². The van der Waals surface area contributed by atoms with E-state index in [1.807, 2.05) is 61.2 Å². The zero-order chi connectivity index (χ0) is 18.9. The fourth-order valence-corrected chi connectivity index (χ4v) is 4.59. The minimum atomic E-state index is 0.0236. The lowest BCUT2D eigenvalue weighted by Gasteiger charge is -2.27. The molecular weight excluding hydrogens is 376 g/mol. The summed E-state index contributed by atoms with van der Waals surface area (Å²) in [5.74, 6) is 3.65. The second-order valence-electron chi connectivity index (χ2n) is 6.29. The highest BCUT2D eigenvalue weighted by atomic mass is 32.2. The van der Waals surface area contributed by atoms with Gasteiger partial charge in [0.1, 0.15) is 5.75 Å². The summed E-state index contributed by atoms with van der Waals surface area (Å²) in [6, 6.07) is 16.0. The van der Waals surface area contributed by atoms with E-state index in [1.165, 1.54) is 28.8 Å². The molecule has 0 unspecified atom stereocenters. The van der Waals surface area contributed by atoms with Gasteiger partial charge in [0, 0.05) is 41.7 Å². The number of para-hydroxylation sites is 1. The molecule has 1 amide bonds. The van der Waals surface area contributed by atoms with Crippen molar-refractivity contribution >= 4 is 35.1 Å². The van der Waals surface area contributed by atoms with Gasteiger partial charge in [-0.2, -0.15) is 11.8 Å². The molecule has 0 saturated carbocycles. The smallest absolute Gasteiger partial charge is 0.234 e. The molecule has 2 aromatic carbocycles. The summed E-state index contributed by atoms with van der Waals surface area (Å²) in [5, 5.41) is 3.09. The number of carbonyl (C=O) groups is 1. The van der Waals surface area contributed by atoms with Crippen LogP contribution >= 0.6 is 23.5 Å². The topological polar surface area (TPSA) is 41.6 Å². The first-order valence-electron chi connectivity index (χ1n) is 9.28. The number of hydrogen-bond donors (Lipinski definition) is 1. The fourth-order valence-electron chi connectivity index (χ4n) is 2.91. The van der Waals surface area contributed by atoms with E-state index in [9.17, 15) is 4.79 Å². The van der Waals surface area contributed by atoms with Crippen LogP contribution in [0.25, 0.3) is 0 Å². The Bertz CT molecular complexity index is 731. The number of amides is 1. The van der Waals surface area contributed by atoms with Crippen LogP contribution < -0.4 is 10.1 Å². The predicted molar refractivity (Wildman–Crippen MR) is 116 cm³/mol. The summed E-state index contributed by atoms with van der Waals surface area (Å²) in [5.41, 5.74) is 2.11. The van der Waals surface area contributed by atoms with E-state index in [2.05, 4.69) is 16.3 Å². The summed E-state index contributed by atoms with van der Waals surface area (Å²) < 4.78 is 5.45. The Morgan fingerprint density at radius 2 is 1.89 bits per heavy atom. The van der Waals surface area contributed by atoms with Gasteiger partial charge in [0.25, 0.3) is 0 Å². The van der Waals surface area contributed by atoms with Crippen molar-refractivity contribution in [2.75, 3.05) is 42.3 Å². The minimum absolute atomic E-state index is 0.0236. The number of thioether (sulfide) groups is 2. The van der Waals surface area contributed by atoms with Gasteiger partial charge in [-0.15, -0.1) is 11.8 Å². The molecule has 1 heterocycles. The number of ether oxygens (including phenoxy) is 1. The first kappa shape index (κ1) is 20.1. The van der Waals surface area contributed by atoms with Crippen LogP contribution in [0.2, 0.25) is 0 Å². The lowest BCUT2D eigenvalue weighted by Crippen LogP contribution is -2.32. The van der Waals surface area contributed by atoms with Crippen LogP contribution in [0, 0.1) is 0 Å².